The largest absolute Gasteiger partial charge is 0.331 e. The molecule has 0 aliphatic carbocycles. The number of aryl methyl sites for hydroxylation is 1. The molecular weight excluding hydrogens is 290 g/mol. The van der Waals surface area contributed by atoms with Crippen molar-refractivity contribution in [3.05, 3.63) is 71.6 Å². The van der Waals surface area contributed by atoms with Gasteiger partial charge in [0.1, 0.15) is 5.82 Å². The Balaban J connectivity index is 1.78. The number of hydroxylamine groups is 1. The summed E-state index contributed by atoms with van der Waals surface area (Å²) in [6.07, 6.45) is 3.66. The second-order valence-electron chi connectivity index (χ2n) is 5.30. The maximum absolute atomic E-state index is 11.0. The monoisotopic (exact) mass is 307 g/mol. The highest BCUT2D eigenvalue weighted by Gasteiger charge is 2.07. The van der Waals surface area contributed by atoms with Crippen LogP contribution in [0.3, 0.4) is 0 Å². The number of carbonyl (C=O) groups excluding carboxylic acids is 1. The molecule has 116 valence electrons. The third-order valence-corrected chi connectivity index (χ3v) is 3.76. The van der Waals surface area contributed by atoms with Crippen LogP contribution in [0.25, 0.3) is 17.1 Å². The van der Waals surface area contributed by atoms with E-state index in [0.717, 1.165) is 34.4 Å². The number of aromatic nitrogens is 2. The fourth-order valence-corrected chi connectivity index (χ4v) is 2.49. The Morgan fingerprint density at radius 1 is 1.22 bits per heavy atom. The number of para-hydroxylation sites is 2. The van der Waals surface area contributed by atoms with Gasteiger partial charge in [-0.3, -0.25) is 10.0 Å². The first-order valence-electron chi connectivity index (χ1n) is 7.29. The van der Waals surface area contributed by atoms with E-state index in [9.17, 15) is 4.79 Å². The van der Waals surface area contributed by atoms with Gasteiger partial charge < -0.3 is 4.57 Å². The van der Waals surface area contributed by atoms with Crippen molar-refractivity contribution < 1.29 is 10.0 Å². The summed E-state index contributed by atoms with van der Waals surface area (Å²) in [7, 11) is 2.02. The molecule has 3 rings (SSSR count). The average molecular weight is 307 g/mol. The zero-order valence-electron chi connectivity index (χ0n) is 12.7. The van der Waals surface area contributed by atoms with Crippen molar-refractivity contribution in [3.63, 3.8) is 0 Å². The molecule has 0 atom stereocenters. The molecule has 0 radical (unpaired) electrons. The average Bonchev–Trinajstić information content (AvgIpc) is 2.90. The highest BCUT2D eigenvalue weighted by molar-refractivity contribution is 5.90. The van der Waals surface area contributed by atoms with Crippen molar-refractivity contribution >= 4 is 23.0 Å². The molecule has 5 heteroatoms. The van der Waals surface area contributed by atoms with Crippen molar-refractivity contribution in [1.29, 1.82) is 0 Å². The van der Waals surface area contributed by atoms with Crippen molar-refractivity contribution in [2.75, 3.05) is 0 Å². The van der Waals surface area contributed by atoms with E-state index in [4.69, 9.17) is 5.21 Å². The fourth-order valence-electron chi connectivity index (χ4n) is 2.49. The molecule has 0 aliphatic heterocycles. The van der Waals surface area contributed by atoms with Gasteiger partial charge in [-0.2, -0.15) is 0 Å². The summed E-state index contributed by atoms with van der Waals surface area (Å²) < 4.78 is 2.11. The van der Waals surface area contributed by atoms with Gasteiger partial charge >= 0.3 is 0 Å². The first-order chi connectivity index (χ1) is 11.2. The van der Waals surface area contributed by atoms with E-state index in [2.05, 4.69) is 15.6 Å². The van der Waals surface area contributed by atoms with E-state index in [1.165, 1.54) is 6.08 Å². The van der Waals surface area contributed by atoms with Gasteiger partial charge in [0.15, 0.2) is 0 Å². The topological polar surface area (TPSA) is 67.2 Å². The molecule has 0 saturated carbocycles. The zero-order chi connectivity index (χ0) is 16.2. The highest BCUT2D eigenvalue weighted by Crippen LogP contribution is 2.17. The Labute approximate surface area is 133 Å². The molecule has 2 aromatic carbocycles. The van der Waals surface area contributed by atoms with Crippen LogP contribution in [-0.4, -0.2) is 20.7 Å². The summed E-state index contributed by atoms with van der Waals surface area (Å²) in [5.41, 5.74) is 5.72. The van der Waals surface area contributed by atoms with E-state index in [0.29, 0.717) is 0 Å². The summed E-state index contributed by atoms with van der Waals surface area (Å²) in [4.78, 5) is 15.6. The summed E-state index contributed by atoms with van der Waals surface area (Å²) >= 11 is 0. The molecular formula is C18H17N3O2. The molecule has 2 N–H and O–H groups in total. The van der Waals surface area contributed by atoms with Crippen LogP contribution < -0.4 is 5.48 Å². The lowest BCUT2D eigenvalue weighted by Gasteiger charge is -2.03. The SMILES string of the molecule is Cn1c(Cc2ccc(/C=C/C(=O)NO)cc2)nc2ccccc21. The number of imidazole rings is 1. The van der Waals surface area contributed by atoms with Crippen LogP contribution in [0.4, 0.5) is 0 Å². The molecule has 3 aromatic rings. The number of nitrogens with zero attached hydrogens (tertiary/aromatic N) is 2. The minimum absolute atomic E-state index is 0.547. The number of fused-ring (bicyclic) bond motifs is 1. The van der Waals surface area contributed by atoms with Gasteiger partial charge in [-0.1, -0.05) is 36.4 Å². The minimum atomic E-state index is -0.547. The van der Waals surface area contributed by atoms with Crippen molar-refractivity contribution in [3.8, 4) is 0 Å². The van der Waals surface area contributed by atoms with Crippen LogP contribution in [0.1, 0.15) is 17.0 Å². The van der Waals surface area contributed by atoms with Crippen LogP contribution in [0.5, 0.6) is 0 Å². The molecule has 0 aliphatic rings. The normalized spacial score (nSPS) is 11.2. The number of hydrogen-bond acceptors (Lipinski definition) is 3. The van der Waals surface area contributed by atoms with E-state index in [-0.39, 0.29) is 0 Å². The van der Waals surface area contributed by atoms with Gasteiger partial charge in [-0.05, 0) is 29.3 Å². The Bertz CT molecular complexity index is 864. The third-order valence-electron chi connectivity index (χ3n) is 3.76. The van der Waals surface area contributed by atoms with Gasteiger partial charge in [0.2, 0.25) is 0 Å². The molecule has 1 aromatic heterocycles. The van der Waals surface area contributed by atoms with Gasteiger partial charge in [0.25, 0.3) is 5.91 Å². The van der Waals surface area contributed by atoms with E-state index >= 15 is 0 Å². The molecule has 0 saturated heterocycles. The molecule has 1 amide bonds. The molecule has 1 heterocycles. The van der Waals surface area contributed by atoms with Crippen LogP contribution in [-0.2, 0) is 18.3 Å². The second kappa shape index (κ2) is 6.46. The molecule has 0 fully saturated rings. The van der Waals surface area contributed by atoms with Crippen LogP contribution in [0, 0.1) is 0 Å². The van der Waals surface area contributed by atoms with Gasteiger partial charge in [0, 0.05) is 19.5 Å². The van der Waals surface area contributed by atoms with Crippen molar-refractivity contribution in [1.82, 2.24) is 15.0 Å². The number of nitrogens with one attached hydrogen (secondary N) is 1. The third kappa shape index (κ3) is 3.30. The number of carbonyl (C=O) groups is 1. The Morgan fingerprint density at radius 3 is 2.65 bits per heavy atom. The lowest BCUT2D eigenvalue weighted by Crippen LogP contribution is -2.14. The second-order valence-corrected chi connectivity index (χ2v) is 5.30. The number of benzene rings is 2. The number of hydrogen-bond donors (Lipinski definition) is 2. The molecule has 0 spiro atoms. The molecule has 5 nitrogen and oxygen atoms in total. The number of rotatable bonds is 4. The smallest absolute Gasteiger partial charge is 0.267 e. The maximum Gasteiger partial charge on any atom is 0.267 e. The fraction of sp³-hybridized carbons (Fsp3) is 0.111. The quantitative estimate of drug-likeness (QED) is 0.442. The predicted molar refractivity (Wildman–Crippen MR) is 88.9 cm³/mol. The van der Waals surface area contributed by atoms with Gasteiger partial charge in [0.05, 0.1) is 11.0 Å². The van der Waals surface area contributed by atoms with Crippen molar-refractivity contribution in [2.45, 2.75) is 6.42 Å². The Morgan fingerprint density at radius 2 is 1.96 bits per heavy atom. The minimum Gasteiger partial charge on any atom is -0.331 e. The highest BCUT2D eigenvalue weighted by atomic mass is 16.5. The summed E-state index contributed by atoms with van der Waals surface area (Å²) in [6.45, 7) is 0. The van der Waals surface area contributed by atoms with Crippen molar-refractivity contribution in [2.24, 2.45) is 7.05 Å². The summed E-state index contributed by atoms with van der Waals surface area (Å²) in [5, 5.41) is 8.45. The predicted octanol–water partition coefficient (Wildman–Crippen LogP) is 2.68. The first-order valence-corrected chi connectivity index (χ1v) is 7.29. The van der Waals surface area contributed by atoms with Gasteiger partial charge in [-0.15, -0.1) is 0 Å². The van der Waals surface area contributed by atoms with Gasteiger partial charge in [-0.25, -0.2) is 10.5 Å². The lowest BCUT2D eigenvalue weighted by atomic mass is 10.1. The summed E-state index contributed by atoms with van der Waals surface area (Å²) in [5.74, 6) is 0.461. The van der Waals surface area contributed by atoms with E-state index in [1.807, 2.05) is 49.5 Å². The Kier molecular flexibility index (Phi) is 4.21. The van der Waals surface area contributed by atoms with Crippen LogP contribution in [0.2, 0.25) is 0 Å². The molecule has 0 unspecified atom stereocenters. The van der Waals surface area contributed by atoms with Crippen LogP contribution in [0.15, 0.2) is 54.6 Å². The lowest BCUT2D eigenvalue weighted by molar-refractivity contribution is -0.124. The standard InChI is InChI=1S/C18H17N3O2/c1-21-16-5-3-2-4-15(16)19-17(21)12-14-8-6-13(7-9-14)10-11-18(22)20-23/h2-11,23H,12H2,1H3,(H,20,22)/b11-10+. The Hall–Kier alpha value is -2.92. The summed E-state index contributed by atoms with van der Waals surface area (Å²) in [6, 6.07) is 16.0. The number of amides is 1. The maximum atomic E-state index is 11.0. The molecule has 0 bridgehead atoms. The first kappa shape index (κ1) is 15.0. The van der Waals surface area contributed by atoms with E-state index < -0.39 is 5.91 Å². The van der Waals surface area contributed by atoms with E-state index in [1.54, 1.807) is 11.6 Å². The molecule has 23 heavy (non-hydrogen) atoms. The van der Waals surface area contributed by atoms with Crippen LogP contribution >= 0.6 is 0 Å². The zero-order valence-corrected chi connectivity index (χ0v) is 12.7.